The van der Waals surface area contributed by atoms with Crippen molar-refractivity contribution in [3.05, 3.63) is 77.0 Å². The molecule has 0 fully saturated rings. The molecule has 30 heavy (non-hydrogen) atoms. The van der Waals surface area contributed by atoms with Gasteiger partial charge in [0.2, 0.25) is 5.95 Å². The SMILES string of the molecule is CCc1ccc(C2C3=C(CC(C)(C)CC3=O)Nc3nc(-c4ccccc4)nn32)cc1. The number of aryl methyl sites for hydroxylation is 1. The Bertz CT molecular complexity index is 1140. The zero-order valence-corrected chi connectivity index (χ0v) is 17.6. The predicted octanol–water partition coefficient (Wildman–Crippen LogP) is 5.17. The lowest BCUT2D eigenvalue weighted by molar-refractivity contribution is -0.118. The topological polar surface area (TPSA) is 59.8 Å². The first-order chi connectivity index (χ1) is 14.4. The van der Waals surface area contributed by atoms with Crippen LogP contribution in [0.15, 0.2) is 65.9 Å². The van der Waals surface area contributed by atoms with Gasteiger partial charge in [0.25, 0.3) is 0 Å². The summed E-state index contributed by atoms with van der Waals surface area (Å²) in [5.74, 6) is 1.56. The van der Waals surface area contributed by atoms with Crippen molar-refractivity contribution in [2.75, 3.05) is 5.32 Å². The maximum Gasteiger partial charge on any atom is 0.226 e. The number of allylic oxidation sites excluding steroid dienone is 2. The fraction of sp³-hybridized carbons (Fsp3) is 0.320. The van der Waals surface area contributed by atoms with Crippen LogP contribution in [0, 0.1) is 5.41 Å². The summed E-state index contributed by atoms with van der Waals surface area (Å²) < 4.78 is 1.89. The molecule has 0 bridgehead atoms. The van der Waals surface area contributed by atoms with Crippen molar-refractivity contribution in [3.8, 4) is 11.4 Å². The molecule has 0 radical (unpaired) electrons. The van der Waals surface area contributed by atoms with Crippen LogP contribution in [0.4, 0.5) is 5.95 Å². The van der Waals surface area contributed by atoms with Crippen molar-refractivity contribution in [1.29, 1.82) is 0 Å². The largest absolute Gasteiger partial charge is 0.328 e. The van der Waals surface area contributed by atoms with Crippen LogP contribution in [0.25, 0.3) is 11.4 Å². The van der Waals surface area contributed by atoms with Gasteiger partial charge in [-0.25, -0.2) is 4.68 Å². The zero-order valence-electron chi connectivity index (χ0n) is 17.6. The van der Waals surface area contributed by atoms with Crippen LogP contribution in [0.2, 0.25) is 0 Å². The number of nitrogens with one attached hydrogen (secondary N) is 1. The van der Waals surface area contributed by atoms with Gasteiger partial charge in [0.1, 0.15) is 6.04 Å². The van der Waals surface area contributed by atoms with Gasteiger partial charge in [-0.3, -0.25) is 4.79 Å². The van der Waals surface area contributed by atoms with Crippen LogP contribution in [0.5, 0.6) is 0 Å². The molecule has 0 saturated carbocycles. The Morgan fingerprint density at radius 3 is 2.50 bits per heavy atom. The number of hydrogen-bond acceptors (Lipinski definition) is 4. The normalized spacial score (nSPS) is 19.8. The van der Waals surface area contributed by atoms with Crippen molar-refractivity contribution < 1.29 is 4.79 Å². The van der Waals surface area contributed by atoms with E-state index in [1.807, 2.05) is 35.0 Å². The van der Waals surface area contributed by atoms with Gasteiger partial charge in [-0.1, -0.05) is 75.4 Å². The molecule has 2 aromatic carbocycles. The van der Waals surface area contributed by atoms with E-state index >= 15 is 0 Å². The van der Waals surface area contributed by atoms with Gasteiger partial charge in [-0.2, -0.15) is 4.98 Å². The van der Waals surface area contributed by atoms with Gasteiger partial charge >= 0.3 is 0 Å². The fourth-order valence-electron chi connectivity index (χ4n) is 4.56. The highest BCUT2D eigenvalue weighted by atomic mass is 16.1. The van der Waals surface area contributed by atoms with Gasteiger partial charge in [-0.05, 0) is 29.4 Å². The molecule has 1 unspecified atom stereocenters. The van der Waals surface area contributed by atoms with Gasteiger partial charge < -0.3 is 5.32 Å². The van der Waals surface area contributed by atoms with Crippen molar-refractivity contribution >= 4 is 11.7 Å². The molecule has 1 aromatic heterocycles. The van der Waals surface area contributed by atoms with Crippen LogP contribution in [0.1, 0.15) is 50.8 Å². The van der Waals surface area contributed by atoms with E-state index in [1.54, 1.807) is 0 Å². The van der Waals surface area contributed by atoms with Crippen molar-refractivity contribution in [1.82, 2.24) is 14.8 Å². The third kappa shape index (κ3) is 3.15. The van der Waals surface area contributed by atoms with E-state index in [0.29, 0.717) is 18.2 Å². The summed E-state index contributed by atoms with van der Waals surface area (Å²) in [6.07, 6.45) is 2.36. The Kier molecular flexibility index (Phi) is 4.35. The molecule has 5 heteroatoms. The Labute approximate surface area is 176 Å². The molecule has 0 saturated heterocycles. The zero-order chi connectivity index (χ0) is 20.9. The van der Waals surface area contributed by atoms with Crippen LogP contribution in [0.3, 0.4) is 0 Å². The van der Waals surface area contributed by atoms with Crippen molar-refractivity contribution in [3.63, 3.8) is 0 Å². The molecule has 3 aromatic rings. The van der Waals surface area contributed by atoms with E-state index in [2.05, 4.69) is 50.4 Å². The number of Topliss-reactive ketones (excluding diaryl/α,β-unsaturated/α-hetero) is 1. The average Bonchev–Trinajstić information content (AvgIpc) is 3.16. The Morgan fingerprint density at radius 1 is 1.07 bits per heavy atom. The minimum Gasteiger partial charge on any atom is -0.328 e. The molecule has 1 N–H and O–H groups in total. The third-order valence-electron chi connectivity index (χ3n) is 6.07. The lowest BCUT2D eigenvalue weighted by atomic mass is 9.73. The summed E-state index contributed by atoms with van der Waals surface area (Å²) in [6.45, 7) is 6.45. The van der Waals surface area contributed by atoms with Gasteiger partial charge in [0, 0.05) is 23.3 Å². The number of anilines is 1. The molecule has 1 atom stereocenters. The maximum atomic E-state index is 13.3. The first kappa shape index (κ1) is 18.8. The standard InChI is InChI=1S/C25H26N4O/c1-4-16-10-12-17(13-11-16)22-21-19(14-25(2,3)15-20(21)30)26-24-27-23(28-29(22)24)18-8-6-5-7-9-18/h5-13,22H,4,14-15H2,1-3H3,(H,26,27,28). The molecular weight excluding hydrogens is 372 g/mol. The molecule has 152 valence electrons. The molecule has 0 amide bonds. The number of hydrogen-bond donors (Lipinski definition) is 1. The lowest BCUT2D eigenvalue weighted by Gasteiger charge is -2.38. The number of fused-ring (bicyclic) bond motifs is 1. The van der Waals surface area contributed by atoms with Crippen LogP contribution >= 0.6 is 0 Å². The fourth-order valence-corrected chi connectivity index (χ4v) is 4.56. The Hall–Kier alpha value is -3.21. The number of benzene rings is 2. The monoisotopic (exact) mass is 398 g/mol. The van der Waals surface area contributed by atoms with Crippen molar-refractivity contribution in [2.24, 2.45) is 5.41 Å². The summed E-state index contributed by atoms with van der Waals surface area (Å²) in [5.41, 5.74) is 5.06. The number of carbonyl (C=O) groups excluding carboxylic acids is 1. The van der Waals surface area contributed by atoms with Gasteiger partial charge in [-0.15, -0.1) is 5.10 Å². The van der Waals surface area contributed by atoms with E-state index in [0.717, 1.165) is 35.2 Å². The molecule has 2 aliphatic rings. The van der Waals surface area contributed by atoms with E-state index in [1.165, 1.54) is 5.56 Å². The summed E-state index contributed by atoms with van der Waals surface area (Å²) >= 11 is 0. The molecule has 5 rings (SSSR count). The van der Waals surface area contributed by atoms with E-state index in [-0.39, 0.29) is 17.2 Å². The number of carbonyl (C=O) groups is 1. The second kappa shape index (κ2) is 6.94. The molecule has 0 spiro atoms. The maximum absolute atomic E-state index is 13.3. The summed E-state index contributed by atoms with van der Waals surface area (Å²) in [7, 11) is 0. The van der Waals surface area contributed by atoms with Crippen LogP contribution in [-0.2, 0) is 11.2 Å². The second-order valence-electron chi connectivity index (χ2n) is 9.03. The van der Waals surface area contributed by atoms with E-state index < -0.39 is 0 Å². The minimum atomic E-state index is -0.254. The van der Waals surface area contributed by atoms with Crippen LogP contribution in [-0.4, -0.2) is 20.5 Å². The Morgan fingerprint density at radius 2 is 1.80 bits per heavy atom. The molecule has 2 heterocycles. The first-order valence-corrected chi connectivity index (χ1v) is 10.6. The summed E-state index contributed by atoms with van der Waals surface area (Å²) in [6, 6.07) is 18.3. The first-order valence-electron chi connectivity index (χ1n) is 10.6. The Balaban J connectivity index is 1.67. The number of nitrogens with zero attached hydrogens (tertiary/aromatic N) is 3. The molecule has 1 aliphatic carbocycles. The quantitative estimate of drug-likeness (QED) is 0.662. The molecule has 1 aliphatic heterocycles. The van der Waals surface area contributed by atoms with Gasteiger partial charge in [0.15, 0.2) is 11.6 Å². The molecular formula is C25H26N4O. The van der Waals surface area contributed by atoms with E-state index in [9.17, 15) is 4.79 Å². The highest BCUT2D eigenvalue weighted by molar-refractivity contribution is 6.00. The smallest absolute Gasteiger partial charge is 0.226 e. The summed E-state index contributed by atoms with van der Waals surface area (Å²) in [4.78, 5) is 18.1. The highest BCUT2D eigenvalue weighted by Gasteiger charge is 2.41. The van der Waals surface area contributed by atoms with E-state index in [4.69, 9.17) is 10.1 Å². The number of ketones is 1. The predicted molar refractivity (Wildman–Crippen MR) is 118 cm³/mol. The van der Waals surface area contributed by atoms with Crippen LogP contribution < -0.4 is 5.32 Å². The van der Waals surface area contributed by atoms with Crippen molar-refractivity contribution in [2.45, 2.75) is 46.1 Å². The number of aromatic nitrogens is 3. The summed E-state index contributed by atoms with van der Waals surface area (Å²) in [5, 5.41) is 8.29. The molecule has 5 nitrogen and oxygen atoms in total. The second-order valence-corrected chi connectivity index (χ2v) is 9.03. The minimum absolute atomic E-state index is 0.0655. The lowest BCUT2D eigenvalue weighted by Crippen LogP contribution is -2.36. The third-order valence-corrected chi connectivity index (χ3v) is 6.07. The van der Waals surface area contributed by atoms with Gasteiger partial charge in [0.05, 0.1) is 0 Å². The highest BCUT2D eigenvalue weighted by Crippen LogP contribution is 2.45. The number of rotatable bonds is 3. The average molecular weight is 399 g/mol.